The van der Waals surface area contributed by atoms with Gasteiger partial charge in [0.2, 0.25) is 0 Å². The average Bonchev–Trinajstić information content (AvgIpc) is 2.73. The first-order valence-electron chi connectivity index (χ1n) is 9.43. The molecular formula is C22H25NO4. The van der Waals surface area contributed by atoms with Crippen molar-refractivity contribution in [2.75, 3.05) is 19.8 Å². The number of rotatable bonds is 5. The van der Waals surface area contributed by atoms with Crippen molar-refractivity contribution >= 4 is 11.9 Å². The third-order valence-corrected chi connectivity index (χ3v) is 4.96. The Hall–Kier alpha value is -2.66. The summed E-state index contributed by atoms with van der Waals surface area (Å²) in [6, 6.07) is 14.6. The summed E-state index contributed by atoms with van der Waals surface area (Å²) in [7, 11) is 0. The van der Waals surface area contributed by atoms with Crippen LogP contribution in [0.5, 0.6) is 0 Å². The molecule has 1 aliphatic heterocycles. The third kappa shape index (κ3) is 4.37. The lowest BCUT2D eigenvalue weighted by Crippen LogP contribution is -2.45. The van der Waals surface area contributed by atoms with Gasteiger partial charge in [0.15, 0.2) is 0 Å². The standard InChI is InChI=1S/C22H25NO4/c1-2-27-22(26)19-12-8-17(9-13-19)16-6-10-18(11-7-16)21(25)23-14-4-3-5-20(23)15-24/h6-13,20,24H,2-5,14-15H2,1H3. The normalized spacial score (nSPS) is 16.8. The van der Waals surface area contributed by atoms with Gasteiger partial charge in [-0.05, 0) is 61.6 Å². The Morgan fingerprint density at radius 3 is 2.15 bits per heavy atom. The molecule has 0 bridgehead atoms. The summed E-state index contributed by atoms with van der Waals surface area (Å²) in [5.74, 6) is -0.358. The lowest BCUT2D eigenvalue weighted by Gasteiger charge is -2.34. The molecule has 1 heterocycles. The van der Waals surface area contributed by atoms with E-state index in [0.717, 1.165) is 30.4 Å². The van der Waals surface area contributed by atoms with Gasteiger partial charge in [0, 0.05) is 12.1 Å². The molecule has 27 heavy (non-hydrogen) atoms. The van der Waals surface area contributed by atoms with Crippen molar-refractivity contribution in [3.05, 3.63) is 59.7 Å². The Kier molecular flexibility index (Phi) is 6.24. The van der Waals surface area contributed by atoms with Crippen molar-refractivity contribution < 1.29 is 19.4 Å². The van der Waals surface area contributed by atoms with Crippen LogP contribution in [-0.2, 0) is 4.74 Å². The molecule has 5 nitrogen and oxygen atoms in total. The van der Waals surface area contributed by atoms with E-state index in [1.165, 1.54) is 0 Å². The second-order valence-corrected chi connectivity index (χ2v) is 6.71. The Balaban J connectivity index is 1.73. The third-order valence-electron chi connectivity index (χ3n) is 4.96. The van der Waals surface area contributed by atoms with Crippen LogP contribution >= 0.6 is 0 Å². The summed E-state index contributed by atoms with van der Waals surface area (Å²) in [4.78, 5) is 26.3. The second-order valence-electron chi connectivity index (χ2n) is 6.71. The Bertz CT molecular complexity index is 783. The minimum atomic E-state index is -0.329. The van der Waals surface area contributed by atoms with E-state index in [9.17, 15) is 14.7 Å². The number of hydrogen-bond donors (Lipinski definition) is 1. The summed E-state index contributed by atoms with van der Waals surface area (Å²) >= 11 is 0. The monoisotopic (exact) mass is 367 g/mol. The number of nitrogens with zero attached hydrogens (tertiary/aromatic N) is 1. The minimum absolute atomic E-state index is 0.0106. The number of likely N-dealkylation sites (tertiary alicyclic amines) is 1. The highest BCUT2D eigenvalue weighted by Gasteiger charge is 2.26. The van der Waals surface area contributed by atoms with Crippen LogP contribution in [0.25, 0.3) is 11.1 Å². The van der Waals surface area contributed by atoms with Gasteiger partial charge in [-0.25, -0.2) is 4.79 Å². The first kappa shape index (κ1) is 19.1. The molecule has 2 aromatic rings. The highest BCUT2D eigenvalue weighted by Crippen LogP contribution is 2.23. The number of benzene rings is 2. The van der Waals surface area contributed by atoms with Crippen LogP contribution in [0.3, 0.4) is 0 Å². The number of ether oxygens (including phenoxy) is 1. The highest BCUT2D eigenvalue weighted by atomic mass is 16.5. The smallest absolute Gasteiger partial charge is 0.338 e. The van der Waals surface area contributed by atoms with E-state index in [0.29, 0.717) is 24.3 Å². The maximum Gasteiger partial charge on any atom is 0.338 e. The van der Waals surface area contributed by atoms with Crippen LogP contribution < -0.4 is 0 Å². The molecule has 1 atom stereocenters. The Morgan fingerprint density at radius 1 is 1.00 bits per heavy atom. The molecule has 1 saturated heterocycles. The van der Waals surface area contributed by atoms with Gasteiger partial charge in [-0.2, -0.15) is 0 Å². The number of piperidine rings is 1. The highest BCUT2D eigenvalue weighted by molar-refractivity contribution is 5.95. The van der Waals surface area contributed by atoms with Gasteiger partial charge in [0.05, 0.1) is 24.8 Å². The first-order chi connectivity index (χ1) is 13.1. The van der Waals surface area contributed by atoms with Crippen molar-refractivity contribution in [2.45, 2.75) is 32.2 Å². The van der Waals surface area contributed by atoms with E-state index in [1.807, 2.05) is 36.4 Å². The van der Waals surface area contributed by atoms with E-state index in [4.69, 9.17) is 4.74 Å². The predicted octanol–water partition coefficient (Wildman–Crippen LogP) is 3.52. The fourth-order valence-corrected chi connectivity index (χ4v) is 3.44. The SMILES string of the molecule is CCOC(=O)c1ccc(-c2ccc(C(=O)N3CCCCC3CO)cc2)cc1. The van der Waals surface area contributed by atoms with Crippen molar-refractivity contribution in [1.82, 2.24) is 4.90 Å². The molecular weight excluding hydrogens is 342 g/mol. The number of aliphatic hydroxyl groups is 1. The number of esters is 1. The van der Waals surface area contributed by atoms with E-state index in [1.54, 1.807) is 24.0 Å². The van der Waals surface area contributed by atoms with Crippen molar-refractivity contribution in [1.29, 1.82) is 0 Å². The molecule has 0 aromatic heterocycles. The maximum absolute atomic E-state index is 12.8. The zero-order valence-corrected chi connectivity index (χ0v) is 15.6. The lowest BCUT2D eigenvalue weighted by molar-refractivity contribution is 0.0501. The van der Waals surface area contributed by atoms with Gasteiger partial charge in [0.1, 0.15) is 0 Å². The van der Waals surface area contributed by atoms with Crippen molar-refractivity contribution in [2.24, 2.45) is 0 Å². The molecule has 5 heteroatoms. The summed E-state index contributed by atoms with van der Waals surface area (Å²) in [5.41, 5.74) is 3.09. The number of hydrogen-bond acceptors (Lipinski definition) is 4. The number of carbonyl (C=O) groups is 2. The topological polar surface area (TPSA) is 66.8 Å². The molecule has 0 saturated carbocycles. The van der Waals surface area contributed by atoms with Crippen LogP contribution in [-0.4, -0.2) is 47.7 Å². The Morgan fingerprint density at radius 2 is 1.59 bits per heavy atom. The minimum Gasteiger partial charge on any atom is -0.462 e. The number of aliphatic hydroxyl groups excluding tert-OH is 1. The van der Waals surface area contributed by atoms with Gasteiger partial charge in [-0.3, -0.25) is 4.79 Å². The van der Waals surface area contributed by atoms with Gasteiger partial charge in [0.25, 0.3) is 5.91 Å². The van der Waals surface area contributed by atoms with Crippen LogP contribution in [0.4, 0.5) is 0 Å². The zero-order valence-electron chi connectivity index (χ0n) is 15.6. The van der Waals surface area contributed by atoms with E-state index >= 15 is 0 Å². The van der Waals surface area contributed by atoms with Crippen molar-refractivity contribution in [3.8, 4) is 11.1 Å². The van der Waals surface area contributed by atoms with E-state index in [-0.39, 0.29) is 24.5 Å². The van der Waals surface area contributed by atoms with Gasteiger partial charge >= 0.3 is 5.97 Å². The first-order valence-corrected chi connectivity index (χ1v) is 9.43. The van der Waals surface area contributed by atoms with Gasteiger partial charge in [-0.15, -0.1) is 0 Å². The molecule has 0 radical (unpaired) electrons. The second kappa shape index (κ2) is 8.82. The van der Waals surface area contributed by atoms with Crippen LogP contribution in [0.2, 0.25) is 0 Å². The Labute approximate surface area is 159 Å². The molecule has 0 spiro atoms. The molecule has 1 amide bonds. The molecule has 1 unspecified atom stereocenters. The van der Waals surface area contributed by atoms with Gasteiger partial charge < -0.3 is 14.7 Å². The number of amides is 1. The summed E-state index contributed by atoms with van der Waals surface area (Å²) < 4.78 is 4.99. The molecule has 142 valence electrons. The van der Waals surface area contributed by atoms with Crippen LogP contribution in [0.1, 0.15) is 46.9 Å². The molecule has 1 N–H and O–H groups in total. The van der Waals surface area contributed by atoms with Crippen LogP contribution in [0, 0.1) is 0 Å². The van der Waals surface area contributed by atoms with Crippen LogP contribution in [0.15, 0.2) is 48.5 Å². The largest absolute Gasteiger partial charge is 0.462 e. The number of carbonyl (C=O) groups excluding carboxylic acids is 2. The zero-order chi connectivity index (χ0) is 19.2. The molecule has 3 rings (SSSR count). The summed E-state index contributed by atoms with van der Waals surface area (Å²) in [6.07, 6.45) is 2.88. The fourth-order valence-electron chi connectivity index (χ4n) is 3.44. The van der Waals surface area contributed by atoms with E-state index < -0.39 is 0 Å². The predicted molar refractivity (Wildman–Crippen MR) is 104 cm³/mol. The molecule has 2 aromatic carbocycles. The fraction of sp³-hybridized carbons (Fsp3) is 0.364. The summed E-state index contributed by atoms with van der Waals surface area (Å²) in [6.45, 7) is 2.84. The quantitative estimate of drug-likeness (QED) is 0.821. The van der Waals surface area contributed by atoms with Crippen molar-refractivity contribution in [3.63, 3.8) is 0 Å². The maximum atomic E-state index is 12.8. The summed E-state index contributed by atoms with van der Waals surface area (Å²) in [5, 5.41) is 9.52. The molecule has 1 fully saturated rings. The van der Waals surface area contributed by atoms with Gasteiger partial charge in [-0.1, -0.05) is 24.3 Å². The van der Waals surface area contributed by atoms with E-state index in [2.05, 4.69) is 0 Å². The molecule has 0 aliphatic carbocycles. The molecule has 1 aliphatic rings. The lowest BCUT2D eigenvalue weighted by atomic mass is 9.99. The average molecular weight is 367 g/mol.